The predicted octanol–water partition coefficient (Wildman–Crippen LogP) is 0.486. The molecule has 6 nitrogen and oxygen atoms in total. The van der Waals surface area contributed by atoms with Crippen LogP contribution in [0.2, 0.25) is 0 Å². The molecule has 0 aliphatic heterocycles. The van der Waals surface area contributed by atoms with Gasteiger partial charge in [-0.15, -0.1) is 0 Å². The minimum Gasteiger partial charge on any atom is -0.378 e. The Morgan fingerprint density at radius 2 is 2.27 bits per heavy atom. The van der Waals surface area contributed by atoms with Gasteiger partial charge in [0.15, 0.2) is 0 Å². The number of hydrogen-bond donors (Lipinski definition) is 1. The topological polar surface area (TPSA) is 106 Å². The molecule has 0 bridgehead atoms. The highest BCUT2D eigenvalue weighted by Gasteiger charge is 2.11. The number of rotatable bonds is 1. The van der Waals surface area contributed by atoms with Crippen molar-refractivity contribution in [3.63, 3.8) is 0 Å². The molecule has 0 spiro atoms. The summed E-state index contributed by atoms with van der Waals surface area (Å²) in [5.74, 6) is -0.296. The van der Waals surface area contributed by atoms with E-state index in [1.54, 1.807) is 0 Å². The maximum Gasteiger partial charge on any atom is 0.311 e. The number of aromatic nitrogens is 1. The van der Waals surface area contributed by atoms with Crippen molar-refractivity contribution in [3.8, 4) is 0 Å². The zero-order valence-electron chi connectivity index (χ0n) is 5.44. The van der Waals surface area contributed by atoms with Gasteiger partial charge in [-0.1, -0.05) is 0 Å². The highest BCUT2D eigenvalue weighted by atomic mass is 16.6. The number of nitrogen functional groups attached to an aromatic ring is 1. The maximum absolute atomic E-state index is 10.2. The maximum atomic E-state index is 10.2. The number of nitrogens with one attached hydrogen (secondary N) is 1. The van der Waals surface area contributed by atoms with E-state index < -0.39 is 4.92 Å². The van der Waals surface area contributed by atoms with Crippen LogP contribution in [-0.4, -0.2) is 9.91 Å². The molecule has 0 amide bonds. The molecule has 0 aliphatic carbocycles. The van der Waals surface area contributed by atoms with Crippen LogP contribution in [0.5, 0.6) is 0 Å². The van der Waals surface area contributed by atoms with E-state index in [0.717, 1.165) is 6.07 Å². The van der Waals surface area contributed by atoms with E-state index in [2.05, 4.69) is 4.98 Å². The molecular formula is C5H5N4O2. The second kappa shape index (κ2) is 2.41. The van der Waals surface area contributed by atoms with E-state index in [-0.39, 0.29) is 17.3 Å². The third-order valence-electron chi connectivity index (χ3n) is 1.10. The van der Waals surface area contributed by atoms with Crippen LogP contribution in [0, 0.1) is 10.1 Å². The molecule has 1 aromatic heterocycles. The van der Waals surface area contributed by atoms with E-state index >= 15 is 0 Å². The summed E-state index contributed by atoms with van der Waals surface area (Å²) < 4.78 is 0. The lowest BCUT2D eigenvalue weighted by molar-refractivity contribution is -0.384. The highest BCUT2D eigenvalue weighted by Crippen LogP contribution is 2.19. The molecule has 0 aromatic carbocycles. The average molecular weight is 153 g/mol. The van der Waals surface area contributed by atoms with Crippen molar-refractivity contribution in [2.24, 2.45) is 0 Å². The zero-order valence-corrected chi connectivity index (χ0v) is 5.44. The van der Waals surface area contributed by atoms with Gasteiger partial charge < -0.3 is 5.73 Å². The summed E-state index contributed by atoms with van der Waals surface area (Å²) in [6, 6.07) is 2.37. The first-order valence-electron chi connectivity index (χ1n) is 2.74. The van der Waals surface area contributed by atoms with Crippen LogP contribution in [0.1, 0.15) is 0 Å². The molecule has 0 saturated heterocycles. The molecule has 57 valence electrons. The van der Waals surface area contributed by atoms with Gasteiger partial charge in [-0.25, -0.2) is 4.98 Å². The molecule has 1 heterocycles. The van der Waals surface area contributed by atoms with Crippen LogP contribution in [0.4, 0.5) is 17.3 Å². The Balaban J connectivity index is 3.20. The number of hydrogen-bond acceptors (Lipinski definition) is 4. The van der Waals surface area contributed by atoms with Gasteiger partial charge in [0.1, 0.15) is 5.82 Å². The fourth-order valence-corrected chi connectivity index (χ4v) is 0.622. The molecule has 0 fully saturated rings. The molecule has 11 heavy (non-hydrogen) atoms. The minimum absolute atomic E-state index is 0.0758. The van der Waals surface area contributed by atoms with Crippen molar-refractivity contribution in [3.05, 3.63) is 22.2 Å². The SMILES string of the molecule is [NH]c1ccc([N+](=O)[O-])c(N)n1. The van der Waals surface area contributed by atoms with Gasteiger partial charge in [-0.2, -0.15) is 0 Å². The van der Waals surface area contributed by atoms with Crippen LogP contribution in [0.3, 0.4) is 0 Å². The van der Waals surface area contributed by atoms with Crippen molar-refractivity contribution >= 4 is 17.3 Å². The van der Waals surface area contributed by atoms with Crippen LogP contribution >= 0.6 is 0 Å². The van der Waals surface area contributed by atoms with E-state index in [0.29, 0.717) is 0 Å². The summed E-state index contributed by atoms with van der Waals surface area (Å²) in [6.45, 7) is 0. The predicted molar refractivity (Wildman–Crippen MR) is 38.1 cm³/mol. The molecule has 1 aromatic rings. The number of nitrogens with zero attached hydrogens (tertiary/aromatic N) is 2. The van der Waals surface area contributed by atoms with E-state index in [4.69, 9.17) is 11.5 Å². The van der Waals surface area contributed by atoms with Gasteiger partial charge in [0.25, 0.3) is 0 Å². The molecule has 1 rings (SSSR count). The molecule has 0 unspecified atom stereocenters. The first-order valence-corrected chi connectivity index (χ1v) is 2.74. The Morgan fingerprint density at radius 3 is 2.73 bits per heavy atom. The molecule has 0 atom stereocenters. The molecule has 0 saturated carbocycles. The van der Waals surface area contributed by atoms with Crippen molar-refractivity contribution in [1.82, 2.24) is 10.7 Å². The zero-order chi connectivity index (χ0) is 8.43. The number of nitro groups is 1. The largest absolute Gasteiger partial charge is 0.378 e. The normalized spacial score (nSPS) is 9.45. The van der Waals surface area contributed by atoms with Gasteiger partial charge in [-0.05, 0) is 6.07 Å². The number of anilines is 1. The van der Waals surface area contributed by atoms with Crippen LogP contribution < -0.4 is 11.5 Å². The Bertz CT molecular complexity index is 299. The summed E-state index contributed by atoms with van der Waals surface area (Å²) in [5, 5.41) is 10.2. The number of nitrogens with two attached hydrogens (primary N) is 1. The fraction of sp³-hybridized carbons (Fsp3) is 0. The lowest BCUT2D eigenvalue weighted by atomic mass is 10.4. The van der Waals surface area contributed by atoms with Gasteiger partial charge >= 0.3 is 5.69 Å². The van der Waals surface area contributed by atoms with Crippen molar-refractivity contribution < 1.29 is 4.92 Å². The third-order valence-corrected chi connectivity index (χ3v) is 1.10. The summed E-state index contributed by atoms with van der Waals surface area (Å²) in [6.07, 6.45) is 0. The second-order valence-corrected chi connectivity index (χ2v) is 1.86. The lowest BCUT2D eigenvalue weighted by Gasteiger charge is -1.94. The van der Waals surface area contributed by atoms with E-state index in [9.17, 15) is 10.1 Å². The first kappa shape index (κ1) is 7.26. The van der Waals surface area contributed by atoms with E-state index in [1.807, 2.05) is 0 Å². The summed E-state index contributed by atoms with van der Waals surface area (Å²) in [4.78, 5) is 12.9. The Hall–Kier alpha value is -1.85. The molecular weight excluding hydrogens is 148 g/mol. The lowest BCUT2D eigenvalue weighted by Crippen LogP contribution is -1.98. The molecule has 6 heteroatoms. The minimum atomic E-state index is -0.637. The summed E-state index contributed by atoms with van der Waals surface area (Å²) >= 11 is 0. The molecule has 0 aliphatic rings. The highest BCUT2D eigenvalue weighted by molar-refractivity contribution is 5.55. The Labute approximate surface area is 62.0 Å². The number of pyridine rings is 1. The van der Waals surface area contributed by atoms with Crippen LogP contribution in [0.15, 0.2) is 12.1 Å². The van der Waals surface area contributed by atoms with Crippen molar-refractivity contribution in [1.29, 1.82) is 0 Å². The van der Waals surface area contributed by atoms with Gasteiger partial charge in [0, 0.05) is 6.07 Å². The van der Waals surface area contributed by atoms with Crippen molar-refractivity contribution in [2.75, 3.05) is 5.73 Å². The summed E-state index contributed by atoms with van der Waals surface area (Å²) in [7, 11) is 0. The van der Waals surface area contributed by atoms with Crippen LogP contribution in [0.25, 0.3) is 0 Å². The second-order valence-electron chi connectivity index (χ2n) is 1.86. The first-order chi connectivity index (χ1) is 5.11. The fourth-order valence-electron chi connectivity index (χ4n) is 0.622. The van der Waals surface area contributed by atoms with Gasteiger partial charge in [0.2, 0.25) is 5.82 Å². The van der Waals surface area contributed by atoms with Gasteiger partial charge in [0.05, 0.1) is 4.92 Å². The van der Waals surface area contributed by atoms with Crippen molar-refractivity contribution in [2.45, 2.75) is 0 Å². The smallest absolute Gasteiger partial charge is 0.311 e. The Morgan fingerprint density at radius 1 is 1.64 bits per heavy atom. The molecule has 1 radical (unpaired) electrons. The monoisotopic (exact) mass is 153 g/mol. The van der Waals surface area contributed by atoms with Crippen LogP contribution in [-0.2, 0) is 0 Å². The quantitative estimate of drug-likeness (QED) is 0.467. The standard InChI is InChI=1S/C5H5N4O2/c6-4-2-1-3(9(10)11)5(7)8-4/h1-2,6H,(H2,7,8). The van der Waals surface area contributed by atoms with Gasteiger partial charge in [-0.3, -0.25) is 15.8 Å². The molecule has 3 N–H and O–H groups in total. The van der Waals surface area contributed by atoms with E-state index in [1.165, 1.54) is 6.07 Å². The third kappa shape index (κ3) is 1.34. The Kier molecular flexibility index (Phi) is 1.59. The average Bonchev–Trinajstić information content (AvgIpc) is 1.85. The summed E-state index contributed by atoms with van der Waals surface area (Å²) in [5.41, 5.74) is 11.8.